The average Bonchev–Trinajstić information content (AvgIpc) is 2.83. The first-order valence-electron chi connectivity index (χ1n) is 6.65. The lowest BCUT2D eigenvalue weighted by Gasteiger charge is -2.12. The predicted octanol–water partition coefficient (Wildman–Crippen LogP) is 2.52. The van der Waals surface area contributed by atoms with E-state index in [4.69, 9.17) is 10.5 Å². The normalized spacial score (nSPS) is 12.4. The summed E-state index contributed by atoms with van der Waals surface area (Å²) in [4.78, 5) is 0. The number of aromatic nitrogens is 2. The van der Waals surface area contributed by atoms with E-state index >= 15 is 0 Å². The van der Waals surface area contributed by atoms with Gasteiger partial charge in [0, 0.05) is 6.04 Å². The van der Waals surface area contributed by atoms with Crippen molar-refractivity contribution in [3.63, 3.8) is 0 Å². The number of hydrogen-bond donors (Lipinski definition) is 1. The van der Waals surface area contributed by atoms with Crippen LogP contribution in [0.25, 0.3) is 0 Å². The Morgan fingerprint density at radius 2 is 1.95 bits per heavy atom. The van der Waals surface area contributed by atoms with Crippen LogP contribution in [-0.2, 0) is 13.0 Å². The van der Waals surface area contributed by atoms with Crippen molar-refractivity contribution in [2.24, 2.45) is 5.73 Å². The largest absolute Gasteiger partial charge is 0.481 e. The number of nitrogens with zero attached hydrogens (tertiary/aromatic N) is 2. The minimum Gasteiger partial charge on any atom is -0.481 e. The molecule has 21 heavy (non-hydrogen) atoms. The molecule has 2 rings (SSSR count). The molecule has 114 valence electrons. The fourth-order valence-electron chi connectivity index (χ4n) is 1.84. The second-order valence-corrected chi connectivity index (χ2v) is 4.85. The maximum atomic E-state index is 13.9. The van der Waals surface area contributed by atoms with Gasteiger partial charge in [0.1, 0.15) is 18.0 Å². The molecule has 0 aliphatic heterocycles. The Kier molecular flexibility index (Phi) is 4.85. The molecule has 0 saturated carbocycles. The van der Waals surface area contributed by atoms with Crippen LogP contribution < -0.4 is 10.5 Å². The smallest absolute Gasteiger partial charge is 0.191 e. The van der Waals surface area contributed by atoms with Gasteiger partial charge >= 0.3 is 0 Å². The summed E-state index contributed by atoms with van der Waals surface area (Å²) in [6, 6.07) is 2.35. The topological polar surface area (TPSA) is 74.2 Å². The molecular weight excluding hydrogens is 280 g/mol. The van der Waals surface area contributed by atoms with Gasteiger partial charge < -0.3 is 10.5 Å². The number of nitrogens with two attached hydrogens (primary N) is 1. The van der Waals surface area contributed by atoms with Gasteiger partial charge in [0.05, 0.1) is 0 Å². The average molecular weight is 297 g/mol. The van der Waals surface area contributed by atoms with E-state index in [-0.39, 0.29) is 12.6 Å². The summed E-state index contributed by atoms with van der Waals surface area (Å²) in [6.45, 7) is 3.47. The monoisotopic (exact) mass is 297 g/mol. The van der Waals surface area contributed by atoms with Crippen molar-refractivity contribution < 1.29 is 18.1 Å². The molecule has 0 fully saturated rings. The molecule has 2 N–H and O–H groups in total. The Bertz CT molecular complexity index is 593. The molecule has 0 bridgehead atoms. The standard InChI is InChI=1S/C14H17F2N3O2/c1-3-10(17)4-9-5-11(15)14(12(16)6-9)20-7-13-8(2)18-21-19-13/h5-6,10H,3-4,7,17H2,1-2H3. The number of hydrogen-bond acceptors (Lipinski definition) is 5. The maximum absolute atomic E-state index is 13.9. The lowest BCUT2D eigenvalue weighted by Crippen LogP contribution is -2.21. The summed E-state index contributed by atoms with van der Waals surface area (Å²) in [5.74, 6) is -1.96. The number of aryl methyl sites for hydroxylation is 1. The summed E-state index contributed by atoms with van der Waals surface area (Å²) in [6.07, 6.45) is 1.15. The maximum Gasteiger partial charge on any atom is 0.191 e. The fourth-order valence-corrected chi connectivity index (χ4v) is 1.84. The van der Waals surface area contributed by atoms with E-state index in [0.29, 0.717) is 23.4 Å². The minimum absolute atomic E-state index is 0.114. The molecule has 7 heteroatoms. The van der Waals surface area contributed by atoms with Crippen molar-refractivity contribution in [2.75, 3.05) is 0 Å². The van der Waals surface area contributed by atoms with Gasteiger partial charge in [-0.1, -0.05) is 17.2 Å². The molecule has 0 spiro atoms. The molecule has 5 nitrogen and oxygen atoms in total. The van der Waals surface area contributed by atoms with E-state index in [1.165, 1.54) is 12.1 Å². The van der Waals surface area contributed by atoms with Gasteiger partial charge in [0.25, 0.3) is 0 Å². The first-order valence-corrected chi connectivity index (χ1v) is 6.65. The van der Waals surface area contributed by atoms with Crippen LogP contribution in [0.2, 0.25) is 0 Å². The van der Waals surface area contributed by atoms with Crippen LogP contribution in [0.1, 0.15) is 30.3 Å². The molecule has 0 saturated heterocycles. The highest BCUT2D eigenvalue weighted by molar-refractivity contribution is 5.32. The fraction of sp³-hybridized carbons (Fsp3) is 0.429. The summed E-state index contributed by atoms with van der Waals surface area (Å²) in [5.41, 5.74) is 7.20. The van der Waals surface area contributed by atoms with Crippen LogP contribution in [-0.4, -0.2) is 16.4 Å². The van der Waals surface area contributed by atoms with Gasteiger partial charge in [0.15, 0.2) is 17.4 Å². The zero-order chi connectivity index (χ0) is 15.4. The number of ether oxygens (including phenoxy) is 1. The SMILES string of the molecule is CCC(N)Cc1cc(F)c(OCc2nonc2C)c(F)c1. The first-order chi connectivity index (χ1) is 10.0. The Balaban J connectivity index is 2.11. The third-order valence-electron chi connectivity index (χ3n) is 3.18. The highest BCUT2D eigenvalue weighted by Crippen LogP contribution is 2.25. The van der Waals surface area contributed by atoms with Gasteiger partial charge in [-0.2, -0.15) is 0 Å². The third kappa shape index (κ3) is 3.75. The van der Waals surface area contributed by atoms with E-state index < -0.39 is 17.4 Å². The van der Waals surface area contributed by atoms with Gasteiger partial charge in [-0.3, -0.25) is 0 Å². The van der Waals surface area contributed by atoms with E-state index in [1.54, 1.807) is 6.92 Å². The Hall–Kier alpha value is -2.02. The molecule has 0 amide bonds. The summed E-state index contributed by atoms with van der Waals surface area (Å²) in [5, 5.41) is 7.15. The Morgan fingerprint density at radius 3 is 2.48 bits per heavy atom. The van der Waals surface area contributed by atoms with Crippen LogP contribution in [0.5, 0.6) is 5.75 Å². The number of rotatable bonds is 6. The van der Waals surface area contributed by atoms with Crippen LogP contribution in [0, 0.1) is 18.6 Å². The molecular formula is C14H17F2N3O2. The molecule has 1 heterocycles. The molecule has 0 aliphatic rings. The van der Waals surface area contributed by atoms with E-state index in [9.17, 15) is 8.78 Å². The zero-order valence-corrected chi connectivity index (χ0v) is 11.9. The summed E-state index contributed by atoms with van der Waals surface area (Å²) in [7, 11) is 0. The molecule has 0 radical (unpaired) electrons. The van der Waals surface area contributed by atoms with Gasteiger partial charge in [-0.05, 0) is 37.5 Å². The highest BCUT2D eigenvalue weighted by Gasteiger charge is 2.15. The van der Waals surface area contributed by atoms with E-state index in [1.807, 2.05) is 6.92 Å². The molecule has 1 aromatic heterocycles. The minimum atomic E-state index is -0.762. The summed E-state index contributed by atoms with van der Waals surface area (Å²) < 4.78 is 37.5. The predicted molar refractivity (Wildman–Crippen MR) is 71.7 cm³/mol. The third-order valence-corrected chi connectivity index (χ3v) is 3.18. The quantitative estimate of drug-likeness (QED) is 0.886. The van der Waals surface area contributed by atoms with Crippen LogP contribution in [0.15, 0.2) is 16.8 Å². The van der Waals surface area contributed by atoms with Crippen molar-refractivity contribution >= 4 is 0 Å². The van der Waals surface area contributed by atoms with Crippen molar-refractivity contribution in [1.82, 2.24) is 10.3 Å². The second kappa shape index (κ2) is 6.62. The molecule has 2 aromatic rings. The number of benzene rings is 1. The van der Waals surface area contributed by atoms with Gasteiger partial charge in [-0.15, -0.1) is 0 Å². The summed E-state index contributed by atoms with van der Waals surface area (Å²) >= 11 is 0. The Morgan fingerprint density at radius 1 is 1.29 bits per heavy atom. The lowest BCUT2D eigenvalue weighted by atomic mass is 10.0. The molecule has 1 unspecified atom stereocenters. The van der Waals surface area contributed by atoms with E-state index in [2.05, 4.69) is 14.9 Å². The second-order valence-electron chi connectivity index (χ2n) is 4.85. The molecule has 1 atom stereocenters. The molecule has 1 aromatic carbocycles. The first kappa shape index (κ1) is 15.4. The van der Waals surface area contributed by atoms with Crippen molar-refractivity contribution in [3.05, 3.63) is 40.7 Å². The van der Waals surface area contributed by atoms with Crippen LogP contribution >= 0.6 is 0 Å². The Labute approximate surface area is 121 Å². The van der Waals surface area contributed by atoms with Crippen molar-refractivity contribution in [1.29, 1.82) is 0 Å². The van der Waals surface area contributed by atoms with Gasteiger partial charge in [0.2, 0.25) is 0 Å². The van der Waals surface area contributed by atoms with Crippen molar-refractivity contribution in [2.45, 2.75) is 39.3 Å². The van der Waals surface area contributed by atoms with Gasteiger partial charge in [-0.25, -0.2) is 13.4 Å². The highest BCUT2D eigenvalue weighted by atomic mass is 19.1. The van der Waals surface area contributed by atoms with E-state index in [0.717, 1.165) is 6.42 Å². The van der Waals surface area contributed by atoms with Crippen molar-refractivity contribution in [3.8, 4) is 5.75 Å². The molecule has 0 aliphatic carbocycles. The zero-order valence-electron chi connectivity index (χ0n) is 11.9. The van der Waals surface area contributed by atoms with Crippen LogP contribution in [0.3, 0.4) is 0 Å². The van der Waals surface area contributed by atoms with Crippen LogP contribution in [0.4, 0.5) is 8.78 Å². The number of halogens is 2. The lowest BCUT2D eigenvalue weighted by molar-refractivity contribution is 0.252.